The lowest BCUT2D eigenvalue weighted by atomic mass is 10.1. The number of carbonyl (C=O) groups is 2. The van der Waals surface area contributed by atoms with E-state index in [1.807, 2.05) is 24.4 Å². The Bertz CT molecular complexity index is 720. The van der Waals surface area contributed by atoms with Crippen molar-refractivity contribution < 1.29 is 9.59 Å². The molecular weight excluding hydrogens is 290 g/mol. The molecule has 1 atom stereocenters. The number of hydrogen-bond donors (Lipinski definition) is 1. The van der Waals surface area contributed by atoms with E-state index in [0.717, 1.165) is 23.9 Å². The Labute approximate surface area is 136 Å². The predicted molar refractivity (Wildman–Crippen MR) is 90.0 cm³/mol. The molecule has 5 nitrogen and oxygen atoms in total. The smallest absolute Gasteiger partial charge is 0.244 e. The van der Waals surface area contributed by atoms with Gasteiger partial charge in [0.15, 0.2) is 0 Å². The summed E-state index contributed by atoms with van der Waals surface area (Å²) in [6.07, 6.45) is 4.80. The lowest BCUT2D eigenvalue weighted by molar-refractivity contribution is -0.142. The van der Waals surface area contributed by atoms with Crippen molar-refractivity contribution in [1.82, 2.24) is 14.8 Å². The van der Waals surface area contributed by atoms with Crippen LogP contribution in [0.1, 0.15) is 24.8 Å². The molecule has 0 saturated carbocycles. The summed E-state index contributed by atoms with van der Waals surface area (Å²) in [5.41, 5.74) is 2.25. The summed E-state index contributed by atoms with van der Waals surface area (Å²) < 4.78 is 0. The summed E-state index contributed by atoms with van der Waals surface area (Å²) in [7, 11) is 3.49. The number of nitrogens with one attached hydrogen (secondary N) is 1. The minimum absolute atomic E-state index is 0.0305. The van der Waals surface area contributed by atoms with Crippen molar-refractivity contribution in [3.8, 4) is 0 Å². The van der Waals surface area contributed by atoms with Crippen molar-refractivity contribution in [2.75, 3.05) is 20.6 Å². The lowest BCUT2D eigenvalue weighted by Gasteiger charge is -2.26. The zero-order chi connectivity index (χ0) is 16.4. The van der Waals surface area contributed by atoms with Gasteiger partial charge in [0.1, 0.15) is 6.04 Å². The molecule has 0 radical (unpaired) electrons. The Morgan fingerprint density at radius 3 is 2.87 bits per heavy atom. The lowest BCUT2D eigenvalue weighted by Crippen LogP contribution is -2.45. The Kier molecular flexibility index (Phi) is 4.37. The standard InChI is InChI=1S/C18H23N3O2/c1-20(2)18(23)16-8-5-11-21(16)17(22)10-9-13-12-19-15-7-4-3-6-14(13)15/h3-4,6-7,12,16,19H,5,8-11H2,1-2H3. The van der Waals surface area contributed by atoms with Gasteiger partial charge in [-0.3, -0.25) is 9.59 Å². The van der Waals surface area contributed by atoms with Crippen molar-refractivity contribution in [2.45, 2.75) is 31.7 Å². The molecular formula is C18H23N3O2. The average molecular weight is 313 g/mol. The Balaban J connectivity index is 1.66. The number of aryl methyl sites for hydroxylation is 1. The van der Waals surface area contributed by atoms with E-state index in [4.69, 9.17) is 0 Å². The van der Waals surface area contributed by atoms with Gasteiger partial charge in [0.25, 0.3) is 0 Å². The normalized spacial score (nSPS) is 17.7. The Morgan fingerprint density at radius 2 is 2.09 bits per heavy atom. The molecule has 1 unspecified atom stereocenters. The van der Waals surface area contributed by atoms with Crippen molar-refractivity contribution in [3.05, 3.63) is 36.0 Å². The molecule has 1 saturated heterocycles. The van der Waals surface area contributed by atoms with Crippen molar-refractivity contribution >= 4 is 22.7 Å². The van der Waals surface area contributed by atoms with E-state index in [0.29, 0.717) is 19.4 Å². The first kappa shape index (κ1) is 15.6. The maximum absolute atomic E-state index is 12.6. The number of benzene rings is 1. The second-order valence-electron chi connectivity index (χ2n) is 6.34. The van der Waals surface area contributed by atoms with E-state index in [1.165, 1.54) is 5.39 Å². The fourth-order valence-electron chi connectivity index (χ4n) is 3.34. The van der Waals surface area contributed by atoms with Crippen LogP contribution in [-0.2, 0) is 16.0 Å². The molecule has 0 bridgehead atoms. The Morgan fingerprint density at radius 1 is 1.30 bits per heavy atom. The van der Waals surface area contributed by atoms with Gasteiger partial charge >= 0.3 is 0 Å². The van der Waals surface area contributed by atoms with Gasteiger partial charge in [-0.05, 0) is 30.9 Å². The number of aromatic nitrogens is 1. The largest absolute Gasteiger partial charge is 0.361 e. The molecule has 1 aromatic heterocycles. The highest BCUT2D eigenvalue weighted by Crippen LogP contribution is 2.22. The van der Waals surface area contributed by atoms with Crippen molar-refractivity contribution in [2.24, 2.45) is 0 Å². The summed E-state index contributed by atoms with van der Waals surface area (Å²) in [4.78, 5) is 31.3. The topological polar surface area (TPSA) is 56.4 Å². The summed E-state index contributed by atoms with van der Waals surface area (Å²) in [6, 6.07) is 7.83. The average Bonchev–Trinajstić information content (AvgIpc) is 3.19. The fraction of sp³-hybridized carbons (Fsp3) is 0.444. The van der Waals surface area contributed by atoms with Gasteiger partial charge in [0, 0.05) is 44.2 Å². The third kappa shape index (κ3) is 3.09. The molecule has 2 aromatic rings. The molecule has 1 aliphatic rings. The number of likely N-dealkylation sites (tertiary alicyclic amines) is 1. The molecule has 1 N–H and O–H groups in total. The molecule has 2 amide bonds. The van der Waals surface area contributed by atoms with Crippen LogP contribution in [0.2, 0.25) is 0 Å². The molecule has 1 fully saturated rings. The van der Waals surface area contributed by atoms with Crippen LogP contribution in [-0.4, -0.2) is 53.3 Å². The van der Waals surface area contributed by atoms with E-state index in [9.17, 15) is 9.59 Å². The number of amides is 2. The number of fused-ring (bicyclic) bond motifs is 1. The second kappa shape index (κ2) is 6.44. The molecule has 5 heteroatoms. The minimum atomic E-state index is -0.277. The Hall–Kier alpha value is -2.30. The number of hydrogen-bond acceptors (Lipinski definition) is 2. The molecule has 3 rings (SSSR count). The van der Waals surface area contributed by atoms with E-state index >= 15 is 0 Å². The van der Waals surface area contributed by atoms with E-state index in [-0.39, 0.29) is 17.9 Å². The third-order valence-corrected chi connectivity index (χ3v) is 4.58. The fourth-order valence-corrected chi connectivity index (χ4v) is 3.34. The zero-order valence-electron chi connectivity index (χ0n) is 13.7. The number of nitrogens with zero attached hydrogens (tertiary/aromatic N) is 2. The minimum Gasteiger partial charge on any atom is -0.361 e. The third-order valence-electron chi connectivity index (χ3n) is 4.58. The summed E-state index contributed by atoms with van der Waals surface area (Å²) in [6.45, 7) is 0.691. The summed E-state index contributed by atoms with van der Waals surface area (Å²) >= 11 is 0. The van der Waals surface area contributed by atoms with Crippen molar-refractivity contribution in [1.29, 1.82) is 0 Å². The molecule has 1 aromatic carbocycles. The monoisotopic (exact) mass is 313 g/mol. The van der Waals surface area contributed by atoms with E-state index < -0.39 is 0 Å². The molecule has 1 aliphatic heterocycles. The first-order chi connectivity index (χ1) is 11.1. The number of H-pyrrole nitrogens is 1. The number of carbonyl (C=O) groups excluding carboxylic acids is 2. The van der Waals surface area contributed by atoms with Crippen LogP contribution in [0.4, 0.5) is 0 Å². The highest BCUT2D eigenvalue weighted by atomic mass is 16.2. The number of aromatic amines is 1. The van der Waals surface area contributed by atoms with Crippen LogP contribution in [0.3, 0.4) is 0 Å². The van der Waals surface area contributed by atoms with E-state index in [2.05, 4.69) is 11.1 Å². The van der Waals surface area contributed by atoms with Gasteiger partial charge in [-0.2, -0.15) is 0 Å². The van der Waals surface area contributed by atoms with Crippen LogP contribution in [0, 0.1) is 0 Å². The predicted octanol–water partition coefficient (Wildman–Crippen LogP) is 2.18. The van der Waals surface area contributed by atoms with Gasteiger partial charge in [0.2, 0.25) is 11.8 Å². The molecule has 122 valence electrons. The molecule has 0 aliphatic carbocycles. The van der Waals surface area contributed by atoms with Crippen molar-refractivity contribution in [3.63, 3.8) is 0 Å². The second-order valence-corrected chi connectivity index (χ2v) is 6.34. The van der Waals surface area contributed by atoms with Crippen LogP contribution in [0.5, 0.6) is 0 Å². The number of likely N-dealkylation sites (N-methyl/N-ethyl adjacent to an activating group) is 1. The van der Waals surface area contributed by atoms with Crippen LogP contribution >= 0.6 is 0 Å². The quantitative estimate of drug-likeness (QED) is 0.940. The summed E-state index contributed by atoms with van der Waals surface area (Å²) in [5.74, 6) is 0.107. The molecule has 23 heavy (non-hydrogen) atoms. The van der Waals surface area contributed by atoms with E-state index in [1.54, 1.807) is 23.9 Å². The maximum atomic E-state index is 12.6. The first-order valence-electron chi connectivity index (χ1n) is 8.13. The SMILES string of the molecule is CN(C)C(=O)C1CCCN1C(=O)CCc1c[nH]c2ccccc12. The highest BCUT2D eigenvalue weighted by Gasteiger charge is 2.34. The summed E-state index contributed by atoms with van der Waals surface area (Å²) in [5, 5.41) is 1.17. The first-order valence-corrected chi connectivity index (χ1v) is 8.13. The molecule has 2 heterocycles. The maximum Gasteiger partial charge on any atom is 0.244 e. The number of para-hydroxylation sites is 1. The highest BCUT2D eigenvalue weighted by molar-refractivity contribution is 5.88. The van der Waals surface area contributed by atoms with Gasteiger partial charge in [-0.1, -0.05) is 18.2 Å². The number of rotatable bonds is 4. The van der Waals surface area contributed by atoms with Gasteiger partial charge in [-0.25, -0.2) is 0 Å². The van der Waals surface area contributed by atoms with Crippen LogP contribution in [0.15, 0.2) is 30.5 Å². The zero-order valence-corrected chi connectivity index (χ0v) is 13.7. The van der Waals surface area contributed by atoms with Gasteiger partial charge < -0.3 is 14.8 Å². The molecule has 0 spiro atoms. The van der Waals surface area contributed by atoms with Crippen LogP contribution in [0.25, 0.3) is 10.9 Å². The van der Waals surface area contributed by atoms with Gasteiger partial charge in [0.05, 0.1) is 0 Å². The van der Waals surface area contributed by atoms with Crippen LogP contribution < -0.4 is 0 Å². The van der Waals surface area contributed by atoms with Gasteiger partial charge in [-0.15, -0.1) is 0 Å².